The fourth-order valence-corrected chi connectivity index (χ4v) is 3.45. The summed E-state index contributed by atoms with van der Waals surface area (Å²) in [5, 5.41) is 1.24. The lowest BCUT2D eigenvalue weighted by Crippen LogP contribution is -2.12. The minimum atomic E-state index is -0.751. The molecular formula is C20H20O6S. The number of ether oxygens (including phenoxy) is 5. The summed E-state index contributed by atoms with van der Waals surface area (Å²) in [6.07, 6.45) is -0.751. The Morgan fingerprint density at radius 3 is 2.44 bits per heavy atom. The largest absolute Gasteiger partial charge is 0.514 e. The summed E-state index contributed by atoms with van der Waals surface area (Å²) in [4.78, 5) is 11.7. The Labute approximate surface area is 161 Å². The lowest BCUT2D eigenvalue weighted by Gasteiger charge is -2.11. The molecule has 0 saturated heterocycles. The van der Waals surface area contributed by atoms with Crippen LogP contribution < -0.4 is 18.9 Å². The third kappa shape index (κ3) is 4.62. The van der Waals surface area contributed by atoms with Crippen molar-refractivity contribution in [3.8, 4) is 22.3 Å². The molecule has 1 heterocycles. The number of thiophene rings is 1. The van der Waals surface area contributed by atoms with Crippen LogP contribution in [0.3, 0.4) is 0 Å². The Hall–Kier alpha value is -2.93. The zero-order chi connectivity index (χ0) is 19.1. The number of rotatable bonds is 8. The molecule has 142 valence electrons. The number of methoxy groups -OCH3 is 1. The molecule has 0 unspecified atom stereocenters. The van der Waals surface area contributed by atoms with Crippen LogP contribution in [0.5, 0.6) is 22.3 Å². The van der Waals surface area contributed by atoms with Gasteiger partial charge in [0.1, 0.15) is 13.2 Å². The van der Waals surface area contributed by atoms with Gasteiger partial charge in [-0.05, 0) is 31.2 Å². The quantitative estimate of drug-likeness (QED) is 0.404. The van der Waals surface area contributed by atoms with Gasteiger partial charge in [0, 0.05) is 10.1 Å². The van der Waals surface area contributed by atoms with Gasteiger partial charge in [0.25, 0.3) is 0 Å². The predicted octanol–water partition coefficient (Wildman–Crippen LogP) is 4.90. The molecule has 0 amide bonds. The highest BCUT2D eigenvalue weighted by Gasteiger charge is 2.18. The summed E-state index contributed by atoms with van der Waals surface area (Å²) in [6.45, 7) is 2.55. The maximum atomic E-state index is 11.7. The molecule has 7 heteroatoms. The van der Waals surface area contributed by atoms with E-state index in [-0.39, 0.29) is 13.2 Å². The molecule has 6 nitrogen and oxygen atoms in total. The number of hydrogen-bond acceptors (Lipinski definition) is 7. The Morgan fingerprint density at radius 2 is 1.67 bits per heavy atom. The third-order valence-electron chi connectivity index (χ3n) is 3.61. The normalized spacial score (nSPS) is 10.4. The van der Waals surface area contributed by atoms with Gasteiger partial charge < -0.3 is 23.7 Å². The third-order valence-corrected chi connectivity index (χ3v) is 4.64. The fraction of sp³-hybridized carbons (Fsp3) is 0.250. The van der Waals surface area contributed by atoms with Crippen molar-refractivity contribution in [3.63, 3.8) is 0 Å². The Kier molecular flexibility index (Phi) is 6.38. The van der Waals surface area contributed by atoms with Crippen LogP contribution in [0.25, 0.3) is 10.1 Å². The van der Waals surface area contributed by atoms with E-state index < -0.39 is 6.16 Å². The standard InChI is InChI=1S/C20H20O6S/c1-3-23-20(21)26-19-18(14-8-4-7-11-17(14)27-19)25-13-12-24-16-10-6-5-9-15(16)22-2/h4-11H,3,12-13H2,1-2H3. The molecule has 0 N–H and O–H groups in total. The number of benzene rings is 2. The summed E-state index contributed by atoms with van der Waals surface area (Å²) in [7, 11) is 1.59. The van der Waals surface area contributed by atoms with Gasteiger partial charge in [-0.15, -0.1) is 0 Å². The van der Waals surface area contributed by atoms with Crippen molar-refractivity contribution >= 4 is 27.6 Å². The molecule has 0 spiro atoms. The monoisotopic (exact) mass is 388 g/mol. The molecule has 0 atom stereocenters. The van der Waals surface area contributed by atoms with Crippen molar-refractivity contribution < 1.29 is 28.5 Å². The first kappa shape index (κ1) is 18.8. The van der Waals surface area contributed by atoms with E-state index >= 15 is 0 Å². The number of carbonyl (C=O) groups excluding carboxylic acids is 1. The Morgan fingerprint density at radius 1 is 0.963 bits per heavy atom. The minimum Gasteiger partial charge on any atom is -0.493 e. The number of hydrogen-bond donors (Lipinski definition) is 0. The highest BCUT2D eigenvalue weighted by Crippen LogP contribution is 2.44. The molecule has 3 aromatic rings. The van der Waals surface area contributed by atoms with Crippen LogP contribution in [-0.2, 0) is 4.74 Å². The van der Waals surface area contributed by atoms with E-state index in [9.17, 15) is 4.79 Å². The molecule has 0 fully saturated rings. The first-order valence-electron chi connectivity index (χ1n) is 8.47. The van der Waals surface area contributed by atoms with E-state index in [0.717, 1.165) is 10.1 Å². The highest BCUT2D eigenvalue weighted by molar-refractivity contribution is 7.21. The zero-order valence-electron chi connectivity index (χ0n) is 15.1. The molecule has 0 aliphatic rings. The van der Waals surface area contributed by atoms with Gasteiger partial charge >= 0.3 is 6.16 Å². The predicted molar refractivity (Wildman–Crippen MR) is 103 cm³/mol. The second kappa shape index (κ2) is 9.14. The molecule has 0 radical (unpaired) electrons. The maximum Gasteiger partial charge on any atom is 0.514 e. The molecule has 0 saturated carbocycles. The fourth-order valence-electron chi connectivity index (χ4n) is 2.46. The molecule has 0 bridgehead atoms. The molecule has 0 aliphatic heterocycles. The van der Waals surface area contributed by atoms with Gasteiger partial charge in [-0.1, -0.05) is 35.6 Å². The van der Waals surface area contributed by atoms with Crippen molar-refractivity contribution in [1.82, 2.24) is 0 Å². The first-order chi connectivity index (χ1) is 13.2. The maximum absolute atomic E-state index is 11.7. The average molecular weight is 388 g/mol. The molecule has 1 aromatic heterocycles. The van der Waals surface area contributed by atoms with E-state index in [1.54, 1.807) is 14.0 Å². The van der Waals surface area contributed by atoms with Gasteiger partial charge in [-0.2, -0.15) is 0 Å². The highest BCUT2D eigenvalue weighted by atomic mass is 32.1. The van der Waals surface area contributed by atoms with E-state index in [1.165, 1.54) is 11.3 Å². The minimum absolute atomic E-state index is 0.243. The number of fused-ring (bicyclic) bond motifs is 1. The zero-order valence-corrected chi connectivity index (χ0v) is 15.9. The van der Waals surface area contributed by atoms with E-state index in [0.29, 0.717) is 28.9 Å². The molecule has 2 aromatic carbocycles. The van der Waals surface area contributed by atoms with Gasteiger partial charge in [0.05, 0.1) is 13.7 Å². The Balaban J connectivity index is 1.69. The second-order valence-corrected chi connectivity index (χ2v) is 6.36. The van der Waals surface area contributed by atoms with Crippen molar-refractivity contribution in [2.75, 3.05) is 26.9 Å². The van der Waals surface area contributed by atoms with Crippen molar-refractivity contribution in [1.29, 1.82) is 0 Å². The van der Waals surface area contributed by atoms with Crippen molar-refractivity contribution in [2.45, 2.75) is 6.92 Å². The van der Waals surface area contributed by atoms with E-state index in [2.05, 4.69) is 0 Å². The lowest BCUT2D eigenvalue weighted by molar-refractivity contribution is 0.104. The summed E-state index contributed by atoms with van der Waals surface area (Å²) in [5.41, 5.74) is 0. The smallest absolute Gasteiger partial charge is 0.493 e. The molecule has 3 rings (SSSR count). The van der Waals surface area contributed by atoms with Crippen LogP contribution in [0.2, 0.25) is 0 Å². The van der Waals surface area contributed by atoms with Crippen molar-refractivity contribution in [3.05, 3.63) is 48.5 Å². The van der Waals surface area contributed by atoms with Gasteiger partial charge in [0.15, 0.2) is 17.2 Å². The van der Waals surface area contributed by atoms with Gasteiger partial charge in [0.2, 0.25) is 5.06 Å². The van der Waals surface area contributed by atoms with Crippen LogP contribution in [0, 0.1) is 0 Å². The molecule has 0 aliphatic carbocycles. The average Bonchev–Trinajstić information content (AvgIpc) is 3.02. The lowest BCUT2D eigenvalue weighted by atomic mass is 10.2. The molecular weight excluding hydrogens is 368 g/mol. The van der Waals surface area contributed by atoms with Crippen LogP contribution in [0.1, 0.15) is 6.92 Å². The van der Waals surface area contributed by atoms with Crippen LogP contribution >= 0.6 is 11.3 Å². The van der Waals surface area contributed by atoms with Crippen LogP contribution in [-0.4, -0.2) is 33.1 Å². The van der Waals surface area contributed by atoms with E-state index in [4.69, 9.17) is 23.7 Å². The second-order valence-electron chi connectivity index (χ2n) is 5.35. The summed E-state index contributed by atoms with van der Waals surface area (Å²) < 4.78 is 28.0. The van der Waals surface area contributed by atoms with Gasteiger partial charge in [-0.3, -0.25) is 0 Å². The van der Waals surface area contributed by atoms with Crippen LogP contribution in [0.4, 0.5) is 4.79 Å². The number of para-hydroxylation sites is 2. The topological polar surface area (TPSA) is 63.2 Å². The number of carbonyl (C=O) groups is 1. The van der Waals surface area contributed by atoms with Gasteiger partial charge in [-0.25, -0.2) is 4.79 Å². The summed E-state index contributed by atoms with van der Waals surface area (Å²) in [6, 6.07) is 15.1. The summed E-state index contributed by atoms with van der Waals surface area (Å²) >= 11 is 1.33. The van der Waals surface area contributed by atoms with Crippen LogP contribution in [0.15, 0.2) is 48.5 Å². The summed E-state index contributed by atoms with van der Waals surface area (Å²) in [5.74, 6) is 1.80. The SMILES string of the molecule is CCOC(=O)Oc1sc2ccccc2c1OCCOc1ccccc1OC. The van der Waals surface area contributed by atoms with E-state index in [1.807, 2.05) is 48.5 Å². The van der Waals surface area contributed by atoms with Crippen molar-refractivity contribution in [2.24, 2.45) is 0 Å². The Bertz CT molecular complexity index is 904. The molecule has 27 heavy (non-hydrogen) atoms. The first-order valence-corrected chi connectivity index (χ1v) is 9.29.